The molecule has 2 aromatic rings. The monoisotopic (exact) mass is 313 g/mol. The molecule has 0 spiro atoms. The molecule has 0 aliphatic rings. The molecule has 0 unspecified atom stereocenters. The molecular formula is C20H27NO2. The molecular weight excluding hydrogens is 286 g/mol. The number of benzene rings is 1. The average Bonchev–Trinajstić information content (AvgIpc) is 2.88. The van der Waals surface area contributed by atoms with Gasteiger partial charge in [0, 0.05) is 29.6 Å². The first-order valence-electron chi connectivity index (χ1n) is 8.43. The molecule has 3 nitrogen and oxygen atoms in total. The molecule has 1 heterocycles. The minimum atomic E-state index is 0.126. The Morgan fingerprint density at radius 3 is 2.39 bits per heavy atom. The lowest BCUT2D eigenvalue weighted by Gasteiger charge is -2.06. The zero-order valence-corrected chi connectivity index (χ0v) is 14.7. The molecule has 124 valence electrons. The molecule has 0 aliphatic heterocycles. The Labute approximate surface area is 139 Å². The maximum atomic E-state index is 12.1. The van der Waals surface area contributed by atoms with Crippen molar-refractivity contribution in [2.45, 2.75) is 53.0 Å². The minimum Gasteiger partial charge on any atom is -0.497 e. The summed E-state index contributed by atoms with van der Waals surface area (Å²) in [6.45, 7) is 6.89. The number of carbonyl (C=O) groups excluding carboxylic acids is 1. The van der Waals surface area contributed by atoms with Crippen LogP contribution in [0.25, 0.3) is 11.1 Å². The minimum absolute atomic E-state index is 0.126. The van der Waals surface area contributed by atoms with Crippen LogP contribution in [0.3, 0.4) is 0 Å². The molecule has 0 radical (unpaired) electrons. The van der Waals surface area contributed by atoms with Gasteiger partial charge in [0.1, 0.15) is 5.75 Å². The molecule has 2 rings (SSSR count). The summed E-state index contributed by atoms with van der Waals surface area (Å²) in [6, 6.07) is 7.91. The number of rotatable bonds is 8. The van der Waals surface area contributed by atoms with Gasteiger partial charge in [0.2, 0.25) is 0 Å². The van der Waals surface area contributed by atoms with Crippen LogP contribution in [-0.2, 0) is 6.54 Å². The third-order valence-electron chi connectivity index (χ3n) is 4.35. The van der Waals surface area contributed by atoms with Crippen LogP contribution in [0.1, 0.15) is 55.6 Å². The first-order valence-corrected chi connectivity index (χ1v) is 8.43. The van der Waals surface area contributed by atoms with Crippen molar-refractivity contribution < 1.29 is 9.53 Å². The fourth-order valence-corrected chi connectivity index (χ4v) is 3.03. The average molecular weight is 313 g/mol. The van der Waals surface area contributed by atoms with Crippen LogP contribution in [0.2, 0.25) is 0 Å². The van der Waals surface area contributed by atoms with E-state index in [-0.39, 0.29) is 5.78 Å². The van der Waals surface area contributed by atoms with Gasteiger partial charge in [-0.1, -0.05) is 38.3 Å². The Hall–Kier alpha value is -2.03. The van der Waals surface area contributed by atoms with Crippen molar-refractivity contribution in [3.05, 3.63) is 41.7 Å². The topological polar surface area (TPSA) is 31.2 Å². The summed E-state index contributed by atoms with van der Waals surface area (Å²) in [6.07, 6.45) is 7.02. The van der Waals surface area contributed by atoms with Crippen LogP contribution >= 0.6 is 0 Å². The van der Waals surface area contributed by atoms with Crippen LogP contribution in [0.4, 0.5) is 0 Å². The van der Waals surface area contributed by atoms with E-state index in [0.29, 0.717) is 0 Å². The van der Waals surface area contributed by atoms with Crippen molar-refractivity contribution >= 4 is 5.78 Å². The number of ether oxygens (including phenoxy) is 1. The second-order valence-corrected chi connectivity index (χ2v) is 6.04. The maximum Gasteiger partial charge on any atom is 0.162 e. The number of hydrogen-bond donors (Lipinski definition) is 0. The number of carbonyl (C=O) groups is 1. The third kappa shape index (κ3) is 4.04. The SMILES string of the molecule is CCCCCCn1cc(-c2ccc(OC)cc2)c(C(C)=O)c1C. The summed E-state index contributed by atoms with van der Waals surface area (Å²) in [5.74, 6) is 0.953. The molecule has 0 bridgehead atoms. The molecule has 0 aliphatic carbocycles. The number of Topliss-reactive ketones (excluding diaryl/α,β-unsaturated/α-hetero) is 1. The Kier molecular flexibility index (Phi) is 6.03. The number of hydrogen-bond acceptors (Lipinski definition) is 2. The first kappa shape index (κ1) is 17.3. The molecule has 0 fully saturated rings. The van der Waals surface area contributed by atoms with Gasteiger partial charge in [0.05, 0.1) is 7.11 Å². The van der Waals surface area contributed by atoms with Crippen molar-refractivity contribution in [2.24, 2.45) is 0 Å². The molecule has 1 aromatic carbocycles. The van der Waals surface area contributed by atoms with Crippen LogP contribution < -0.4 is 4.74 Å². The van der Waals surface area contributed by atoms with Crippen molar-refractivity contribution in [3.8, 4) is 16.9 Å². The fraction of sp³-hybridized carbons (Fsp3) is 0.450. The summed E-state index contributed by atoms with van der Waals surface area (Å²) in [5.41, 5.74) is 3.99. The highest BCUT2D eigenvalue weighted by atomic mass is 16.5. The Balaban J connectivity index is 2.31. The largest absolute Gasteiger partial charge is 0.497 e. The lowest BCUT2D eigenvalue weighted by molar-refractivity contribution is 0.101. The standard InChI is InChI=1S/C20H27NO2/c1-5-6-7-8-13-21-14-19(20(15(21)2)16(3)22)17-9-11-18(23-4)12-10-17/h9-12,14H,5-8,13H2,1-4H3. The van der Waals surface area contributed by atoms with E-state index in [1.54, 1.807) is 14.0 Å². The lowest BCUT2D eigenvalue weighted by atomic mass is 10.0. The molecule has 0 saturated heterocycles. The highest BCUT2D eigenvalue weighted by Gasteiger charge is 2.17. The van der Waals surface area contributed by atoms with Crippen LogP contribution in [0, 0.1) is 6.92 Å². The van der Waals surface area contributed by atoms with Gasteiger partial charge in [-0.15, -0.1) is 0 Å². The highest BCUT2D eigenvalue weighted by molar-refractivity contribution is 6.02. The van der Waals surface area contributed by atoms with Gasteiger partial charge in [-0.05, 0) is 38.0 Å². The number of methoxy groups -OCH3 is 1. The summed E-state index contributed by atoms with van der Waals surface area (Å²) in [5, 5.41) is 0. The van der Waals surface area contributed by atoms with Gasteiger partial charge in [0.15, 0.2) is 5.78 Å². The zero-order valence-electron chi connectivity index (χ0n) is 14.7. The second kappa shape index (κ2) is 8.00. The number of nitrogens with zero attached hydrogens (tertiary/aromatic N) is 1. The molecule has 0 amide bonds. The molecule has 0 N–H and O–H groups in total. The molecule has 23 heavy (non-hydrogen) atoms. The van der Waals surface area contributed by atoms with E-state index in [0.717, 1.165) is 41.1 Å². The van der Waals surface area contributed by atoms with Gasteiger partial charge in [-0.25, -0.2) is 0 Å². The summed E-state index contributed by atoms with van der Waals surface area (Å²) in [4.78, 5) is 12.1. The van der Waals surface area contributed by atoms with Crippen molar-refractivity contribution in [2.75, 3.05) is 7.11 Å². The van der Waals surface area contributed by atoms with Crippen LogP contribution in [0.5, 0.6) is 5.75 Å². The molecule has 0 atom stereocenters. The Bertz CT molecular complexity index is 653. The maximum absolute atomic E-state index is 12.1. The molecule has 0 saturated carbocycles. The van der Waals surface area contributed by atoms with E-state index in [1.165, 1.54) is 19.3 Å². The predicted molar refractivity (Wildman–Crippen MR) is 95.3 cm³/mol. The third-order valence-corrected chi connectivity index (χ3v) is 4.35. The Morgan fingerprint density at radius 2 is 1.83 bits per heavy atom. The van der Waals surface area contributed by atoms with Gasteiger partial charge in [-0.2, -0.15) is 0 Å². The van der Waals surface area contributed by atoms with E-state index in [4.69, 9.17) is 4.74 Å². The zero-order chi connectivity index (χ0) is 16.8. The second-order valence-electron chi connectivity index (χ2n) is 6.04. The quantitative estimate of drug-likeness (QED) is 0.492. The molecule has 1 aromatic heterocycles. The Morgan fingerprint density at radius 1 is 1.13 bits per heavy atom. The van der Waals surface area contributed by atoms with Gasteiger partial charge < -0.3 is 9.30 Å². The molecule has 3 heteroatoms. The summed E-state index contributed by atoms with van der Waals surface area (Å²) < 4.78 is 7.44. The van der Waals surface area contributed by atoms with E-state index >= 15 is 0 Å². The smallest absolute Gasteiger partial charge is 0.162 e. The van der Waals surface area contributed by atoms with Gasteiger partial charge in [0.25, 0.3) is 0 Å². The summed E-state index contributed by atoms with van der Waals surface area (Å²) in [7, 11) is 1.66. The van der Waals surface area contributed by atoms with Crippen molar-refractivity contribution in [1.29, 1.82) is 0 Å². The van der Waals surface area contributed by atoms with E-state index < -0.39 is 0 Å². The normalized spacial score (nSPS) is 10.8. The van der Waals surface area contributed by atoms with Crippen LogP contribution in [0.15, 0.2) is 30.5 Å². The van der Waals surface area contributed by atoms with E-state index in [1.807, 2.05) is 31.2 Å². The first-order chi connectivity index (χ1) is 11.1. The van der Waals surface area contributed by atoms with Gasteiger partial charge >= 0.3 is 0 Å². The number of aromatic nitrogens is 1. The van der Waals surface area contributed by atoms with Gasteiger partial charge in [-0.3, -0.25) is 4.79 Å². The number of aryl methyl sites for hydroxylation is 1. The summed E-state index contributed by atoms with van der Waals surface area (Å²) >= 11 is 0. The highest BCUT2D eigenvalue weighted by Crippen LogP contribution is 2.30. The van der Waals surface area contributed by atoms with Crippen molar-refractivity contribution in [1.82, 2.24) is 4.57 Å². The lowest BCUT2D eigenvalue weighted by Crippen LogP contribution is -2.02. The predicted octanol–water partition coefficient (Wildman–Crippen LogP) is 5.26. The number of ketones is 1. The van der Waals surface area contributed by atoms with Crippen molar-refractivity contribution in [3.63, 3.8) is 0 Å². The fourth-order valence-electron chi connectivity index (χ4n) is 3.03. The van der Waals surface area contributed by atoms with E-state index in [2.05, 4.69) is 17.7 Å². The van der Waals surface area contributed by atoms with Crippen LogP contribution in [-0.4, -0.2) is 17.5 Å². The van der Waals surface area contributed by atoms with E-state index in [9.17, 15) is 4.79 Å². The number of unbranched alkanes of at least 4 members (excludes halogenated alkanes) is 3.